The van der Waals surface area contributed by atoms with E-state index in [9.17, 15) is 4.79 Å². The Morgan fingerprint density at radius 2 is 2.10 bits per heavy atom. The van der Waals surface area contributed by atoms with Gasteiger partial charge in [0.25, 0.3) is 0 Å². The maximum atomic E-state index is 11.8. The molecule has 0 bridgehead atoms. The van der Waals surface area contributed by atoms with Crippen molar-refractivity contribution in [1.29, 1.82) is 0 Å². The summed E-state index contributed by atoms with van der Waals surface area (Å²) >= 11 is 6.06. The maximum Gasteiger partial charge on any atom is 0.339 e. The summed E-state index contributed by atoms with van der Waals surface area (Å²) in [5.74, 6) is 0.941. The van der Waals surface area contributed by atoms with Gasteiger partial charge >= 0.3 is 5.97 Å². The first kappa shape index (κ1) is 15.2. The Kier molecular flexibility index (Phi) is 4.92. The molecule has 0 amide bonds. The molecule has 3 atom stereocenters. The second-order valence-electron chi connectivity index (χ2n) is 5.70. The molecule has 1 saturated carbocycles. The van der Waals surface area contributed by atoms with Crippen LogP contribution in [0.2, 0.25) is 5.02 Å². The van der Waals surface area contributed by atoms with Crippen molar-refractivity contribution in [3.8, 4) is 0 Å². The number of benzene rings is 1. The predicted molar refractivity (Wildman–Crippen MR) is 82.4 cm³/mol. The van der Waals surface area contributed by atoms with Gasteiger partial charge in [0, 0.05) is 11.1 Å². The maximum absolute atomic E-state index is 11.8. The molecule has 1 aromatic carbocycles. The van der Waals surface area contributed by atoms with Crippen LogP contribution in [0.4, 0.5) is 5.69 Å². The lowest BCUT2D eigenvalue weighted by molar-refractivity contribution is 0.0601. The van der Waals surface area contributed by atoms with Crippen molar-refractivity contribution in [3.05, 3.63) is 28.8 Å². The normalized spacial score (nSPS) is 26.1. The van der Waals surface area contributed by atoms with Crippen LogP contribution < -0.4 is 5.32 Å². The summed E-state index contributed by atoms with van der Waals surface area (Å²) in [5, 5.41) is 4.12. The zero-order valence-corrected chi connectivity index (χ0v) is 13.0. The smallest absolute Gasteiger partial charge is 0.339 e. The van der Waals surface area contributed by atoms with Crippen molar-refractivity contribution < 1.29 is 9.53 Å². The standard InChI is InChI=1S/C16H22ClNO2/c1-10-5-4-6-14(11(10)2)18-15-9-12(17)7-8-13(15)16(19)20-3/h7-11,14,18H,4-6H2,1-3H3. The quantitative estimate of drug-likeness (QED) is 0.842. The van der Waals surface area contributed by atoms with E-state index in [-0.39, 0.29) is 5.97 Å². The molecule has 3 nitrogen and oxygen atoms in total. The summed E-state index contributed by atoms with van der Waals surface area (Å²) in [4.78, 5) is 11.8. The fraction of sp³-hybridized carbons (Fsp3) is 0.562. The zero-order chi connectivity index (χ0) is 14.7. The molecular weight excluding hydrogens is 274 g/mol. The summed E-state index contributed by atoms with van der Waals surface area (Å²) < 4.78 is 4.83. The molecular formula is C16H22ClNO2. The summed E-state index contributed by atoms with van der Waals surface area (Å²) in [7, 11) is 1.39. The Morgan fingerprint density at radius 3 is 2.80 bits per heavy atom. The average molecular weight is 296 g/mol. The first-order valence-electron chi connectivity index (χ1n) is 7.17. The number of rotatable bonds is 3. The third kappa shape index (κ3) is 3.26. The molecule has 0 spiro atoms. The molecule has 1 N–H and O–H groups in total. The van der Waals surface area contributed by atoms with Crippen LogP contribution in [0.1, 0.15) is 43.5 Å². The highest BCUT2D eigenvalue weighted by atomic mass is 35.5. The molecule has 3 unspecified atom stereocenters. The molecule has 1 aliphatic rings. The van der Waals surface area contributed by atoms with Gasteiger partial charge in [-0.1, -0.05) is 38.3 Å². The first-order valence-corrected chi connectivity index (χ1v) is 7.55. The Labute approximate surface area is 125 Å². The lowest BCUT2D eigenvalue weighted by Gasteiger charge is -2.35. The van der Waals surface area contributed by atoms with Crippen molar-refractivity contribution in [1.82, 2.24) is 0 Å². The van der Waals surface area contributed by atoms with Gasteiger partial charge in [0.05, 0.1) is 18.4 Å². The average Bonchev–Trinajstić information content (AvgIpc) is 2.43. The molecule has 2 rings (SSSR count). The second-order valence-corrected chi connectivity index (χ2v) is 6.14. The number of esters is 1. The van der Waals surface area contributed by atoms with E-state index < -0.39 is 0 Å². The number of hydrogen-bond acceptors (Lipinski definition) is 3. The molecule has 0 radical (unpaired) electrons. The third-order valence-electron chi connectivity index (χ3n) is 4.43. The lowest BCUT2D eigenvalue weighted by atomic mass is 9.78. The Morgan fingerprint density at radius 1 is 1.35 bits per heavy atom. The van der Waals surface area contributed by atoms with E-state index in [1.807, 2.05) is 0 Å². The van der Waals surface area contributed by atoms with Crippen molar-refractivity contribution in [2.75, 3.05) is 12.4 Å². The number of methoxy groups -OCH3 is 1. The molecule has 1 fully saturated rings. The van der Waals surface area contributed by atoms with Gasteiger partial charge < -0.3 is 10.1 Å². The van der Waals surface area contributed by atoms with Gasteiger partial charge in [0.15, 0.2) is 0 Å². The minimum absolute atomic E-state index is 0.333. The summed E-state index contributed by atoms with van der Waals surface area (Å²) in [6, 6.07) is 5.61. The number of halogens is 1. The van der Waals surface area contributed by atoms with E-state index >= 15 is 0 Å². The van der Waals surface area contributed by atoms with Crippen LogP contribution >= 0.6 is 11.6 Å². The second kappa shape index (κ2) is 6.49. The highest BCUT2D eigenvalue weighted by Gasteiger charge is 2.28. The van der Waals surface area contributed by atoms with Gasteiger partial charge in [0.1, 0.15) is 0 Å². The lowest BCUT2D eigenvalue weighted by Crippen LogP contribution is -2.35. The van der Waals surface area contributed by atoms with Crippen LogP contribution in [0, 0.1) is 11.8 Å². The summed E-state index contributed by atoms with van der Waals surface area (Å²) in [6.07, 6.45) is 3.62. The number of carbonyl (C=O) groups excluding carboxylic acids is 1. The predicted octanol–water partition coefficient (Wildman–Crippen LogP) is 4.36. The molecule has 0 saturated heterocycles. The van der Waals surface area contributed by atoms with Crippen molar-refractivity contribution >= 4 is 23.3 Å². The minimum Gasteiger partial charge on any atom is -0.465 e. The molecule has 0 aliphatic heterocycles. The Bertz CT molecular complexity index is 489. The minimum atomic E-state index is -0.333. The summed E-state index contributed by atoms with van der Waals surface area (Å²) in [5.41, 5.74) is 1.32. The number of carbonyl (C=O) groups is 1. The van der Waals surface area contributed by atoms with Crippen LogP contribution in [0.25, 0.3) is 0 Å². The van der Waals surface area contributed by atoms with Crippen molar-refractivity contribution in [2.45, 2.75) is 39.2 Å². The van der Waals surface area contributed by atoms with Crippen LogP contribution in [-0.4, -0.2) is 19.1 Å². The highest BCUT2D eigenvalue weighted by Crippen LogP contribution is 2.33. The highest BCUT2D eigenvalue weighted by molar-refractivity contribution is 6.31. The Hall–Kier alpha value is -1.22. The molecule has 110 valence electrons. The zero-order valence-electron chi connectivity index (χ0n) is 12.3. The fourth-order valence-corrected chi connectivity index (χ4v) is 3.08. The first-order chi connectivity index (χ1) is 9.52. The fourth-order valence-electron chi connectivity index (χ4n) is 2.91. The van der Waals surface area contributed by atoms with Gasteiger partial charge in [-0.25, -0.2) is 4.79 Å². The van der Waals surface area contributed by atoms with Crippen LogP contribution in [0.15, 0.2) is 18.2 Å². The van der Waals surface area contributed by atoms with E-state index in [0.717, 1.165) is 12.1 Å². The topological polar surface area (TPSA) is 38.3 Å². The number of anilines is 1. The van der Waals surface area contributed by atoms with Gasteiger partial charge in [-0.2, -0.15) is 0 Å². The van der Waals surface area contributed by atoms with E-state index in [4.69, 9.17) is 16.3 Å². The molecule has 4 heteroatoms. The van der Waals surface area contributed by atoms with Crippen LogP contribution in [0.5, 0.6) is 0 Å². The third-order valence-corrected chi connectivity index (χ3v) is 4.67. The number of nitrogens with one attached hydrogen (secondary N) is 1. The van der Waals surface area contributed by atoms with Gasteiger partial charge in [-0.15, -0.1) is 0 Å². The van der Waals surface area contributed by atoms with Crippen molar-refractivity contribution in [2.24, 2.45) is 11.8 Å². The number of hydrogen-bond donors (Lipinski definition) is 1. The van der Waals surface area contributed by atoms with E-state index in [1.165, 1.54) is 20.0 Å². The number of ether oxygens (including phenoxy) is 1. The monoisotopic (exact) mass is 295 g/mol. The van der Waals surface area contributed by atoms with E-state index in [0.29, 0.717) is 28.5 Å². The molecule has 1 aromatic rings. The molecule has 20 heavy (non-hydrogen) atoms. The SMILES string of the molecule is COC(=O)c1ccc(Cl)cc1NC1CCCC(C)C1C. The van der Waals surface area contributed by atoms with Crippen LogP contribution in [0.3, 0.4) is 0 Å². The largest absolute Gasteiger partial charge is 0.465 e. The van der Waals surface area contributed by atoms with E-state index in [1.54, 1.807) is 18.2 Å². The molecule has 0 heterocycles. The van der Waals surface area contributed by atoms with Gasteiger partial charge in [0.2, 0.25) is 0 Å². The summed E-state index contributed by atoms with van der Waals surface area (Å²) in [6.45, 7) is 4.56. The van der Waals surface area contributed by atoms with Gasteiger partial charge in [-0.05, 0) is 36.5 Å². The van der Waals surface area contributed by atoms with Gasteiger partial charge in [-0.3, -0.25) is 0 Å². The van der Waals surface area contributed by atoms with E-state index in [2.05, 4.69) is 19.2 Å². The molecule has 1 aliphatic carbocycles. The van der Waals surface area contributed by atoms with Crippen molar-refractivity contribution in [3.63, 3.8) is 0 Å². The Balaban J connectivity index is 2.23. The van der Waals surface area contributed by atoms with Crippen LogP contribution in [-0.2, 0) is 4.74 Å². The molecule has 0 aromatic heterocycles.